The number of carbonyl (C=O) groups is 2. The largest absolute Gasteiger partial charge is 0.464 e. The molecule has 208 valence electrons. The van der Waals surface area contributed by atoms with Gasteiger partial charge in [-0.2, -0.15) is 0 Å². The highest BCUT2D eigenvalue weighted by Crippen LogP contribution is 2.30. The minimum absolute atomic E-state index is 0.0748. The molecule has 8 nitrogen and oxygen atoms in total. The zero-order valence-corrected chi connectivity index (χ0v) is 23.1. The van der Waals surface area contributed by atoms with Gasteiger partial charge in [0.2, 0.25) is 0 Å². The highest BCUT2D eigenvalue weighted by Gasteiger charge is 2.37. The Morgan fingerprint density at radius 3 is 2.51 bits per heavy atom. The van der Waals surface area contributed by atoms with Crippen LogP contribution in [0.5, 0.6) is 0 Å². The van der Waals surface area contributed by atoms with Crippen molar-refractivity contribution in [2.45, 2.75) is 64.2 Å². The van der Waals surface area contributed by atoms with E-state index in [0.717, 1.165) is 44.3 Å². The van der Waals surface area contributed by atoms with Crippen LogP contribution in [0, 0.1) is 6.92 Å². The lowest BCUT2D eigenvalue weighted by atomic mass is 9.95. The fourth-order valence-electron chi connectivity index (χ4n) is 5.34. The van der Waals surface area contributed by atoms with Gasteiger partial charge < -0.3 is 23.8 Å². The number of carbonyl (C=O) groups excluding carboxylic acids is 2. The van der Waals surface area contributed by atoms with Crippen molar-refractivity contribution in [2.75, 3.05) is 26.3 Å². The Kier molecular flexibility index (Phi) is 9.06. The molecule has 0 unspecified atom stereocenters. The topological polar surface area (TPSA) is 88.2 Å². The lowest BCUT2D eigenvalue weighted by molar-refractivity contribution is -0.127. The maximum Gasteiger partial charge on any atom is 0.290 e. The maximum absolute atomic E-state index is 14.1. The fourth-order valence-corrected chi connectivity index (χ4v) is 5.54. The molecule has 1 N–H and O–H groups in total. The molecule has 5 rings (SSSR count). The van der Waals surface area contributed by atoms with Gasteiger partial charge in [-0.05, 0) is 55.7 Å². The van der Waals surface area contributed by atoms with Crippen molar-refractivity contribution in [3.05, 3.63) is 82.2 Å². The van der Waals surface area contributed by atoms with Gasteiger partial charge in [-0.25, -0.2) is 0 Å². The van der Waals surface area contributed by atoms with E-state index in [9.17, 15) is 9.59 Å². The van der Waals surface area contributed by atoms with Crippen LogP contribution >= 0.6 is 11.6 Å². The summed E-state index contributed by atoms with van der Waals surface area (Å²) in [6.45, 7) is 5.50. The predicted octanol–water partition coefficient (Wildman–Crippen LogP) is 5.50. The van der Waals surface area contributed by atoms with Crippen molar-refractivity contribution in [1.82, 2.24) is 15.1 Å². The Labute approximate surface area is 234 Å². The van der Waals surface area contributed by atoms with Gasteiger partial charge in [-0.3, -0.25) is 14.5 Å². The first-order valence-corrected chi connectivity index (χ1v) is 14.2. The van der Waals surface area contributed by atoms with E-state index in [-0.39, 0.29) is 24.3 Å². The van der Waals surface area contributed by atoms with E-state index in [2.05, 4.69) is 10.2 Å². The molecule has 2 fully saturated rings. The van der Waals surface area contributed by atoms with Crippen LogP contribution in [0.15, 0.2) is 57.4 Å². The Bertz CT molecular complexity index is 1260. The van der Waals surface area contributed by atoms with Crippen LogP contribution < -0.4 is 5.32 Å². The highest BCUT2D eigenvalue weighted by molar-refractivity contribution is 6.31. The van der Waals surface area contributed by atoms with Gasteiger partial charge in [0.25, 0.3) is 11.8 Å². The van der Waals surface area contributed by atoms with E-state index in [1.165, 1.54) is 11.3 Å². The molecule has 3 heterocycles. The SMILES string of the molecule is Cc1ccc([C@@H](C(=O)NC2CCCCC2)N(Cc2ccccc2Cl)C(=O)c2ccc(CN3CCOCC3)o2)o1. The fraction of sp³-hybridized carbons (Fsp3) is 0.467. The summed E-state index contributed by atoms with van der Waals surface area (Å²) in [5.41, 5.74) is 0.728. The minimum atomic E-state index is -0.989. The van der Waals surface area contributed by atoms with Gasteiger partial charge in [-0.1, -0.05) is 49.1 Å². The summed E-state index contributed by atoms with van der Waals surface area (Å²) in [5, 5.41) is 3.72. The van der Waals surface area contributed by atoms with Gasteiger partial charge in [0, 0.05) is 30.7 Å². The van der Waals surface area contributed by atoms with Crippen molar-refractivity contribution in [1.29, 1.82) is 0 Å². The molecule has 1 aliphatic carbocycles. The Morgan fingerprint density at radius 2 is 1.79 bits per heavy atom. The molecule has 0 radical (unpaired) electrons. The second kappa shape index (κ2) is 12.9. The number of benzene rings is 1. The van der Waals surface area contributed by atoms with Crippen molar-refractivity contribution in [3.63, 3.8) is 0 Å². The van der Waals surface area contributed by atoms with Crippen molar-refractivity contribution in [2.24, 2.45) is 0 Å². The molecule has 2 aliphatic rings. The average molecular weight is 554 g/mol. The molecule has 1 aliphatic heterocycles. The molecule has 1 aromatic carbocycles. The summed E-state index contributed by atoms with van der Waals surface area (Å²) >= 11 is 6.52. The van der Waals surface area contributed by atoms with Gasteiger partial charge in [0.15, 0.2) is 11.8 Å². The Hall–Kier alpha value is -3.07. The second-order valence-corrected chi connectivity index (χ2v) is 10.8. The third-order valence-corrected chi connectivity index (χ3v) is 7.83. The average Bonchev–Trinajstić information content (AvgIpc) is 3.59. The number of rotatable bonds is 9. The zero-order chi connectivity index (χ0) is 27.2. The number of furan rings is 2. The molecule has 1 saturated carbocycles. The van der Waals surface area contributed by atoms with Gasteiger partial charge >= 0.3 is 0 Å². The smallest absolute Gasteiger partial charge is 0.290 e. The van der Waals surface area contributed by atoms with Gasteiger partial charge in [-0.15, -0.1) is 0 Å². The van der Waals surface area contributed by atoms with Crippen LogP contribution in [0.4, 0.5) is 0 Å². The number of nitrogens with zero attached hydrogens (tertiary/aromatic N) is 2. The number of morpholine rings is 1. The summed E-state index contributed by atoms with van der Waals surface area (Å²) in [5.74, 6) is 1.26. The maximum atomic E-state index is 14.1. The third kappa shape index (κ3) is 6.93. The molecule has 2 aromatic heterocycles. The van der Waals surface area contributed by atoms with Crippen molar-refractivity contribution < 1.29 is 23.2 Å². The molecule has 0 bridgehead atoms. The summed E-state index contributed by atoms with van der Waals surface area (Å²) in [4.78, 5) is 31.7. The first-order chi connectivity index (χ1) is 19.0. The summed E-state index contributed by atoms with van der Waals surface area (Å²) in [6.07, 6.45) is 5.19. The summed E-state index contributed by atoms with van der Waals surface area (Å²) < 4.78 is 17.4. The molecule has 1 saturated heterocycles. The molecular weight excluding hydrogens is 518 g/mol. The third-order valence-electron chi connectivity index (χ3n) is 7.46. The zero-order valence-electron chi connectivity index (χ0n) is 22.4. The predicted molar refractivity (Wildman–Crippen MR) is 147 cm³/mol. The molecule has 1 atom stereocenters. The second-order valence-electron chi connectivity index (χ2n) is 10.4. The van der Waals surface area contributed by atoms with Crippen LogP contribution in [0.1, 0.15) is 71.5 Å². The standard InChI is InChI=1S/C30H36ClN3O5/c1-21-11-13-26(38-21)28(29(35)32-23-8-3-2-4-9-23)34(19-22-7-5-6-10-25(22)31)30(36)27-14-12-24(39-27)20-33-15-17-37-18-16-33/h5-7,10-14,23,28H,2-4,8-9,15-20H2,1H3,(H,32,35)/t28-/m0/s1. The van der Waals surface area contributed by atoms with Crippen LogP contribution in [0.3, 0.4) is 0 Å². The summed E-state index contributed by atoms with van der Waals surface area (Å²) in [7, 11) is 0. The molecule has 0 spiro atoms. The van der Waals surface area contributed by atoms with Crippen molar-refractivity contribution >= 4 is 23.4 Å². The monoisotopic (exact) mass is 553 g/mol. The highest BCUT2D eigenvalue weighted by atomic mass is 35.5. The number of nitrogens with one attached hydrogen (secondary N) is 1. The molecule has 3 aromatic rings. The van der Waals surface area contributed by atoms with Crippen LogP contribution in [0.25, 0.3) is 0 Å². The molecule has 39 heavy (non-hydrogen) atoms. The Balaban J connectivity index is 1.46. The molecular formula is C30H36ClN3O5. The normalized spacial score (nSPS) is 17.6. The quantitative estimate of drug-likeness (QED) is 0.376. The van der Waals surface area contributed by atoms with E-state index in [4.69, 9.17) is 25.2 Å². The van der Waals surface area contributed by atoms with E-state index >= 15 is 0 Å². The van der Waals surface area contributed by atoms with Crippen LogP contribution in [0.2, 0.25) is 5.02 Å². The number of hydrogen-bond acceptors (Lipinski definition) is 6. The number of ether oxygens (including phenoxy) is 1. The van der Waals surface area contributed by atoms with Gasteiger partial charge in [0.1, 0.15) is 17.3 Å². The molecule has 2 amide bonds. The summed E-state index contributed by atoms with van der Waals surface area (Å²) in [6, 6.07) is 13.5. The number of hydrogen-bond donors (Lipinski definition) is 1. The van der Waals surface area contributed by atoms with Gasteiger partial charge in [0.05, 0.1) is 19.8 Å². The van der Waals surface area contributed by atoms with E-state index in [1.54, 1.807) is 18.2 Å². The van der Waals surface area contributed by atoms with Crippen LogP contribution in [-0.4, -0.2) is 54.0 Å². The van der Waals surface area contributed by atoms with E-state index in [1.807, 2.05) is 37.3 Å². The number of aryl methyl sites for hydroxylation is 1. The minimum Gasteiger partial charge on any atom is -0.464 e. The number of halogens is 1. The van der Waals surface area contributed by atoms with E-state index < -0.39 is 11.9 Å². The molecule has 9 heteroatoms. The first kappa shape index (κ1) is 27.5. The lowest BCUT2D eigenvalue weighted by Gasteiger charge is -2.32. The Morgan fingerprint density at radius 1 is 1.03 bits per heavy atom. The first-order valence-electron chi connectivity index (χ1n) is 13.8. The lowest BCUT2D eigenvalue weighted by Crippen LogP contribution is -2.46. The van der Waals surface area contributed by atoms with Crippen LogP contribution in [-0.2, 0) is 22.6 Å². The number of amides is 2. The van der Waals surface area contributed by atoms with E-state index in [0.29, 0.717) is 42.1 Å². The van der Waals surface area contributed by atoms with Crippen molar-refractivity contribution in [3.8, 4) is 0 Å².